The summed E-state index contributed by atoms with van der Waals surface area (Å²) in [6.45, 7) is 2.83. The first-order chi connectivity index (χ1) is 9.19. The molecule has 2 N–H and O–H groups in total. The van der Waals surface area contributed by atoms with Gasteiger partial charge in [-0.15, -0.1) is 0 Å². The number of carbonyl (C=O) groups excluding carboxylic acids is 1. The average molecular weight is 258 g/mol. The number of amides is 1. The molecule has 0 saturated carbocycles. The maximum Gasteiger partial charge on any atom is 0.255 e. The Kier molecular flexibility index (Phi) is 4.13. The molecule has 0 aliphatic rings. The summed E-state index contributed by atoms with van der Waals surface area (Å²) < 4.78 is 13.0. The van der Waals surface area contributed by atoms with Crippen LogP contribution in [0.5, 0.6) is 0 Å². The van der Waals surface area contributed by atoms with Crippen LogP contribution in [0.25, 0.3) is 0 Å². The van der Waals surface area contributed by atoms with Crippen LogP contribution in [0, 0.1) is 5.82 Å². The highest BCUT2D eigenvalue weighted by Gasteiger charge is 2.06. The highest BCUT2D eigenvalue weighted by molar-refractivity contribution is 6.04. The Bertz CT molecular complexity index is 567. The molecule has 98 valence electrons. The molecule has 0 atom stereocenters. The first kappa shape index (κ1) is 13.1. The first-order valence-electron chi connectivity index (χ1n) is 6.10. The van der Waals surface area contributed by atoms with Crippen LogP contribution in [-0.2, 0) is 0 Å². The Hall–Kier alpha value is -2.36. The Labute approximate surface area is 111 Å². The van der Waals surface area contributed by atoms with Crippen molar-refractivity contribution >= 4 is 17.3 Å². The van der Waals surface area contributed by atoms with E-state index in [2.05, 4.69) is 10.6 Å². The zero-order chi connectivity index (χ0) is 13.7. The van der Waals surface area contributed by atoms with Crippen molar-refractivity contribution < 1.29 is 9.18 Å². The molecule has 0 spiro atoms. The minimum atomic E-state index is -0.375. The molecule has 0 aliphatic heterocycles. The normalized spacial score (nSPS) is 10.0. The number of nitrogens with one attached hydrogen (secondary N) is 2. The second-order valence-corrected chi connectivity index (χ2v) is 4.07. The lowest BCUT2D eigenvalue weighted by Crippen LogP contribution is -2.12. The molecular weight excluding hydrogens is 243 g/mol. The lowest BCUT2D eigenvalue weighted by molar-refractivity contribution is 0.102. The van der Waals surface area contributed by atoms with Gasteiger partial charge < -0.3 is 10.6 Å². The molecule has 0 radical (unpaired) electrons. The molecule has 0 bridgehead atoms. The van der Waals surface area contributed by atoms with Gasteiger partial charge in [0.05, 0.1) is 0 Å². The van der Waals surface area contributed by atoms with Gasteiger partial charge in [0.1, 0.15) is 5.82 Å². The van der Waals surface area contributed by atoms with E-state index in [1.54, 1.807) is 24.3 Å². The van der Waals surface area contributed by atoms with Gasteiger partial charge in [-0.25, -0.2) is 4.39 Å². The maximum atomic E-state index is 13.0. The highest BCUT2D eigenvalue weighted by atomic mass is 19.1. The van der Waals surface area contributed by atoms with E-state index >= 15 is 0 Å². The lowest BCUT2D eigenvalue weighted by atomic mass is 10.2. The molecule has 2 aromatic carbocycles. The summed E-state index contributed by atoms with van der Waals surface area (Å²) in [5.74, 6) is -0.631. The van der Waals surface area contributed by atoms with Gasteiger partial charge in [0.25, 0.3) is 5.91 Å². The fourth-order valence-corrected chi connectivity index (χ4v) is 1.71. The molecule has 2 aromatic rings. The van der Waals surface area contributed by atoms with Crippen LogP contribution in [0.4, 0.5) is 15.8 Å². The summed E-state index contributed by atoms with van der Waals surface area (Å²) in [7, 11) is 0. The number of hydrogen-bond donors (Lipinski definition) is 2. The minimum absolute atomic E-state index is 0.256. The zero-order valence-electron chi connectivity index (χ0n) is 10.6. The van der Waals surface area contributed by atoms with Crippen LogP contribution in [0.2, 0.25) is 0 Å². The van der Waals surface area contributed by atoms with Crippen molar-refractivity contribution in [1.29, 1.82) is 0 Å². The number of hydrogen-bond acceptors (Lipinski definition) is 2. The van der Waals surface area contributed by atoms with Crippen molar-refractivity contribution in [3.05, 3.63) is 59.9 Å². The second kappa shape index (κ2) is 6.00. The predicted molar refractivity (Wildman–Crippen MR) is 75.0 cm³/mol. The standard InChI is InChI=1S/C15H15FN2O/c1-2-17-13-8-6-11(7-9-13)15(19)18-14-5-3-4-12(16)10-14/h3-10,17H,2H2,1H3,(H,18,19). The Morgan fingerprint density at radius 2 is 1.84 bits per heavy atom. The molecule has 0 saturated heterocycles. The third-order valence-corrected chi connectivity index (χ3v) is 2.61. The molecule has 0 aromatic heterocycles. The minimum Gasteiger partial charge on any atom is -0.385 e. The summed E-state index contributed by atoms with van der Waals surface area (Å²) in [6.07, 6.45) is 0. The number of anilines is 2. The van der Waals surface area contributed by atoms with Crippen molar-refractivity contribution in [2.45, 2.75) is 6.92 Å². The molecule has 2 rings (SSSR count). The summed E-state index contributed by atoms with van der Waals surface area (Å²) >= 11 is 0. The number of benzene rings is 2. The smallest absolute Gasteiger partial charge is 0.255 e. The number of carbonyl (C=O) groups is 1. The molecule has 4 heteroatoms. The number of halogens is 1. The van der Waals surface area contributed by atoms with Crippen molar-refractivity contribution in [1.82, 2.24) is 0 Å². The van der Waals surface area contributed by atoms with E-state index in [1.807, 2.05) is 19.1 Å². The average Bonchev–Trinajstić information content (AvgIpc) is 2.40. The third-order valence-electron chi connectivity index (χ3n) is 2.61. The monoisotopic (exact) mass is 258 g/mol. The van der Waals surface area contributed by atoms with E-state index in [0.717, 1.165) is 12.2 Å². The summed E-state index contributed by atoms with van der Waals surface area (Å²) in [6, 6.07) is 13.0. The SMILES string of the molecule is CCNc1ccc(C(=O)Nc2cccc(F)c2)cc1. The van der Waals surface area contributed by atoms with E-state index < -0.39 is 0 Å². The second-order valence-electron chi connectivity index (χ2n) is 4.07. The van der Waals surface area contributed by atoms with Crippen molar-refractivity contribution in [2.75, 3.05) is 17.2 Å². The Morgan fingerprint density at radius 3 is 2.47 bits per heavy atom. The van der Waals surface area contributed by atoms with Crippen molar-refractivity contribution in [3.8, 4) is 0 Å². The molecular formula is C15H15FN2O. The van der Waals surface area contributed by atoms with Gasteiger partial charge in [0.15, 0.2) is 0 Å². The third kappa shape index (κ3) is 3.55. The predicted octanol–water partition coefficient (Wildman–Crippen LogP) is 3.51. The molecule has 1 amide bonds. The molecule has 0 aliphatic carbocycles. The van der Waals surface area contributed by atoms with Gasteiger partial charge in [0, 0.05) is 23.5 Å². The molecule has 3 nitrogen and oxygen atoms in total. The van der Waals surface area contributed by atoms with Crippen LogP contribution in [0.3, 0.4) is 0 Å². The highest BCUT2D eigenvalue weighted by Crippen LogP contribution is 2.13. The largest absolute Gasteiger partial charge is 0.385 e. The van der Waals surface area contributed by atoms with Gasteiger partial charge in [-0.05, 0) is 49.4 Å². The fraction of sp³-hybridized carbons (Fsp3) is 0.133. The molecule has 0 fully saturated rings. The summed E-state index contributed by atoms with van der Waals surface area (Å²) in [5, 5.41) is 5.80. The van der Waals surface area contributed by atoms with E-state index in [-0.39, 0.29) is 11.7 Å². The lowest BCUT2D eigenvalue weighted by Gasteiger charge is -2.07. The van der Waals surface area contributed by atoms with Crippen LogP contribution in [0.1, 0.15) is 17.3 Å². The Balaban J connectivity index is 2.07. The van der Waals surface area contributed by atoms with E-state index in [9.17, 15) is 9.18 Å². The molecule has 0 heterocycles. The molecule has 0 unspecified atom stereocenters. The van der Waals surface area contributed by atoms with Gasteiger partial charge in [-0.3, -0.25) is 4.79 Å². The summed E-state index contributed by atoms with van der Waals surface area (Å²) in [4.78, 5) is 11.9. The maximum absolute atomic E-state index is 13.0. The number of rotatable bonds is 4. The quantitative estimate of drug-likeness (QED) is 0.881. The first-order valence-corrected chi connectivity index (χ1v) is 6.10. The topological polar surface area (TPSA) is 41.1 Å². The fourth-order valence-electron chi connectivity index (χ4n) is 1.71. The van der Waals surface area contributed by atoms with E-state index in [0.29, 0.717) is 11.3 Å². The van der Waals surface area contributed by atoms with Crippen LogP contribution < -0.4 is 10.6 Å². The van der Waals surface area contributed by atoms with Crippen molar-refractivity contribution in [3.63, 3.8) is 0 Å². The van der Waals surface area contributed by atoms with Crippen molar-refractivity contribution in [2.24, 2.45) is 0 Å². The zero-order valence-corrected chi connectivity index (χ0v) is 10.6. The van der Waals surface area contributed by atoms with Gasteiger partial charge in [-0.2, -0.15) is 0 Å². The summed E-state index contributed by atoms with van der Waals surface area (Å²) in [5.41, 5.74) is 1.94. The Morgan fingerprint density at radius 1 is 1.11 bits per heavy atom. The molecule has 19 heavy (non-hydrogen) atoms. The van der Waals surface area contributed by atoms with E-state index in [1.165, 1.54) is 12.1 Å². The van der Waals surface area contributed by atoms with E-state index in [4.69, 9.17) is 0 Å². The van der Waals surface area contributed by atoms with Crippen LogP contribution in [-0.4, -0.2) is 12.5 Å². The van der Waals surface area contributed by atoms with Gasteiger partial charge in [0.2, 0.25) is 0 Å². The van der Waals surface area contributed by atoms with Crippen LogP contribution in [0.15, 0.2) is 48.5 Å². The van der Waals surface area contributed by atoms with Crippen LogP contribution >= 0.6 is 0 Å². The van der Waals surface area contributed by atoms with Gasteiger partial charge >= 0.3 is 0 Å². The van der Waals surface area contributed by atoms with Gasteiger partial charge in [-0.1, -0.05) is 6.07 Å².